The largest absolute Gasteiger partial charge is 0.504 e. The highest BCUT2D eigenvalue weighted by atomic mass is 35.5. The van der Waals surface area contributed by atoms with Gasteiger partial charge in [-0.1, -0.05) is 11.6 Å². The first kappa shape index (κ1) is 25.2. The van der Waals surface area contributed by atoms with Gasteiger partial charge in [0.15, 0.2) is 27.4 Å². The Morgan fingerprint density at radius 1 is 1.35 bits per heavy atom. The van der Waals surface area contributed by atoms with Crippen molar-refractivity contribution in [1.82, 2.24) is 15.6 Å². The second kappa shape index (κ2) is 8.73. The minimum Gasteiger partial charge on any atom is -0.504 e. The molecule has 1 aromatic rings. The minimum absolute atomic E-state index is 0.324. The van der Waals surface area contributed by atoms with Crippen molar-refractivity contribution >= 4 is 51.3 Å². The molecule has 2 aliphatic heterocycles. The molecule has 0 aliphatic carbocycles. The van der Waals surface area contributed by atoms with E-state index in [-0.39, 0.29) is 12.0 Å². The normalized spacial score (nSPS) is 26.0. The minimum atomic E-state index is -4.20. The summed E-state index contributed by atoms with van der Waals surface area (Å²) in [5.74, 6) is -5.69. The lowest BCUT2D eigenvalue weighted by Gasteiger charge is -2.35. The van der Waals surface area contributed by atoms with Gasteiger partial charge in [-0.05, 0) is 19.1 Å². The number of aliphatic hydroxyl groups excluding tert-OH is 1. The van der Waals surface area contributed by atoms with Crippen molar-refractivity contribution in [3.05, 3.63) is 22.7 Å². The number of carbonyl (C=O) groups is 4. The number of rotatable bonds is 7. The van der Waals surface area contributed by atoms with E-state index in [1.165, 1.54) is 0 Å². The standard InChI is InChI=1S/C18H19ClN4O10S/c1-18(14(17(30)31)23-10(26)4-11(23)34(18,32)33)6-20-22-16(29)8(5-24)21-15(28)7-2-3-9(25)13(27)12(7)19/h2-3,6,8,11,14,24-25,27H,4-5H2,1H3,(H,21,28)(H,22,29)(H,30,31)/b20-6+/t8?,11-,14+,18+/m1/s1. The monoisotopic (exact) mass is 518 g/mol. The average molecular weight is 519 g/mol. The van der Waals surface area contributed by atoms with Crippen LogP contribution in [0.3, 0.4) is 0 Å². The summed E-state index contributed by atoms with van der Waals surface area (Å²) in [6, 6.07) is -1.34. The zero-order valence-electron chi connectivity index (χ0n) is 17.3. The van der Waals surface area contributed by atoms with Crippen molar-refractivity contribution in [2.24, 2.45) is 5.10 Å². The van der Waals surface area contributed by atoms with Crippen LogP contribution in [0.1, 0.15) is 23.7 Å². The number of fused-ring (bicyclic) bond motifs is 1. The maximum atomic E-state index is 12.8. The second-order valence-electron chi connectivity index (χ2n) is 7.67. The number of aromatic hydroxyl groups is 2. The zero-order valence-corrected chi connectivity index (χ0v) is 18.9. The summed E-state index contributed by atoms with van der Waals surface area (Å²) in [4.78, 5) is 48.9. The van der Waals surface area contributed by atoms with Crippen LogP contribution in [-0.4, -0.2) is 92.5 Å². The molecule has 1 aromatic carbocycles. The SMILES string of the molecule is C[C@]1(/C=N/NC(=O)C(CO)NC(=O)c2ccc(O)c(O)c2Cl)[C@H](C(=O)O)N2C(=O)C[C@H]2S1(=O)=O. The van der Waals surface area contributed by atoms with Gasteiger partial charge in [-0.15, -0.1) is 0 Å². The van der Waals surface area contributed by atoms with Crippen LogP contribution in [0.15, 0.2) is 17.2 Å². The number of hydrogen-bond acceptors (Lipinski definition) is 10. The molecule has 3 amide bonds. The lowest BCUT2D eigenvalue weighted by Crippen LogP contribution is -2.57. The fourth-order valence-electron chi connectivity index (χ4n) is 3.67. The van der Waals surface area contributed by atoms with Gasteiger partial charge in [-0.3, -0.25) is 14.4 Å². The topological polar surface area (TPSA) is 223 Å². The Balaban J connectivity index is 1.75. The highest BCUT2D eigenvalue weighted by Gasteiger charge is 2.69. The third kappa shape index (κ3) is 3.80. The van der Waals surface area contributed by atoms with Gasteiger partial charge in [0.25, 0.3) is 11.8 Å². The number of nitrogens with one attached hydrogen (secondary N) is 2. The fraction of sp³-hybridized carbons (Fsp3) is 0.389. The van der Waals surface area contributed by atoms with Crippen LogP contribution in [0.2, 0.25) is 5.02 Å². The molecule has 0 aromatic heterocycles. The quantitative estimate of drug-likeness (QED) is 0.102. The van der Waals surface area contributed by atoms with Gasteiger partial charge < -0.3 is 30.6 Å². The summed E-state index contributed by atoms with van der Waals surface area (Å²) in [5.41, 5.74) is 1.58. The van der Waals surface area contributed by atoms with Gasteiger partial charge in [0, 0.05) is 6.21 Å². The summed E-state index contributed by atoms with van der Waals surface area (Å²) in [6.07, 6.45) is 0.311. The molecule has 1 unspecified atom stereocenters. The lowest BCUT2D eigenvalue weighted by atomic mass is 9.97. The Bertz CT molecular complexity index is 1220. The average Bonchev–Trinajstić information content (AvgIpc) is 2.90. The van der Waals surface area contributed by atoms with Crippen molar-refractivity contribution in [3.63, 3.8) is 0 Å². The van der Waals surface area contributed by atoms with Crippen LogP contribution in [0.4, 0.5) is 0 Å². The van der Waals surface area contributed by atoms with Crippen molar-refractivity contribution < 1.29 is 48.0 Å². The van der Waals surface area contributed by atoms with Gasteiger partial charge in [0.1, 0.15) is 16.2 Å². The number of sulfone groups is 1. The van der Waals surface area contributed by atoms with Crippen LogP contribution in [0, 0.1) is 0 Å². The van der Waals surface area contributed by atoms with Crippen LogP contribution in [0.25, 0.3) is 0 Å². The van der Waals surface area contributed by atoms with Crippen molar-refractivity contribution in [2.45, 2.75) is 35.5 Å². The predicted octanol–water partition coefficient (Wildman–Crippen LogP) is -1.86. The smallest absolute Gasteiger partial charge is 0.328 e. The summed E-state index contributed by atoms with van der Waals surface area (Å²) >= 11 is 5.79. The first-order valence-electron chi connectivity index (χ1n) is 9.51. The van der Waals surface area contributed by atoms with E-state index in [4.69, 9.17) is 11.6 Å². The number of halogens is 1. The Labute approximate surface area is 196 Å². The molecule has 2 aliphatic rings. The molecular weight excluding hydrogens is 500 g/mol. The summed E-state index contributed by atoms with van der Waals surface area (Å²) < 4.78 is 23.4. The number of aliphatic carboxylic acids is 1. The first-order valence-corrected chi connectivity index (χ1v) is 11.4. The number of carboxylic acids is 1. The van der Waals surface area contributed by atoms with Crippen LogP contribution in [0.5, 0.6) is 11.5 Å². The third-order valence-electron chi connectivity index (χ3n) is 5.61. The number of β-lactam (4-membered cyclic amide) rings is 1. The Morgan fingerprint density at radius 2 is 2.00 bits per heavy atom. The van der Waals surface area contributed by atoms with E-state index in [1.807, 2.05) is 5.43 Å². The lowest BCUT2D eigenvalue weighted by molar-refractivity contribution is -0.156. The van der Waals surface area contributed by atoms with Gasteiger partial charge >= 0.3 is 5.97 Å². The number of carboxylic acid groups (broad SMARTS) is 1. The number of benzene rings is 1. The van der Waals surface area contributed by atoms with E-state index in [0.29, 0.717) is 6.21 Å². The Kier molecular flexibility index (Phi) is 6.47. The van der Waals surface area contributed by atoms with Crippen LogP contribution >= 0.6 is 11.6 Å². The Hall–Kier alpha value is -3.43. The summed E-state index contributed by atoms with van der Waals surface area (Å²) in [7, 11) is -4.20. The molecule has 0 saturated carbocycles. The van der Waals surface area contributed by atoms with Gasteiger partial charge in [-0.25, -0.2) is 18.6 Å². The summed E-state index contributed by atoms with van der Waals surface area (Å²) in [5, 5.41) is 41.7. The third-order valence-corrected chi connectivity index (χ3v) is 8.66. The number of phenols is 2. The molecule has 6 N–H and O–H groups in total. The zero-order chi connectivity index (χ0) is 25.6. The van der Waals surface area contributed by atoms with Gasteiger partial charge in [0.05, 0.1) is 23.6 Å². The molecule has 3 rings (SSSR count). The van der Waals surface area contributed by atoms with Gasteiger partial charge in [0.2, 0.25) is 5.91 Å². The number of aliphatic hydroxyl groups is 1. The number of hydrogen-bond donors (Lipinski definition) is 6. The maximum absolute atomic E-state index is 12.8. The highest BCUT2D eigenvalue weighted by molar-refractivity contribution is 7.94. The number of carbonyl (C=O) groups excluding carboxylic acids is 3. The van der Waals surface area contributed by atoms with Crippen LogP contribution < -0.4 is 10.7 Å². The highest BCUT2D eigenvalue weighted by Crippen LogP contribution is 2.45. The summed E-state index contributed by atoms with van der Waals surface area (Å²) in [6.45, 7) is 0.124. The molecule has 0 spiro atoms. The number of hydrazone groups is 1. The molecule has 0 bridgehead atoms. The molecule has 14 nitrogen and oxygen atoms in total. The molecule has 2 saturated heterocycles. The van der Waals surface area contributed by atoms with Crippen molar-refractivity contribution in [1.29, 1.82) is 0 Å². The van der Waals surface area contributed by atoms with Crippen molar-refractivity contribution in [3.8, 4) is 11.5 Å². The fourth-order valence-corrected chi connectivity index (χ4v) is 6.12. The van der Waals surface area contributed by atoms with E-state index in [9.17, 15) is 48.0 Å². The number of nitrogens with zero attached hydrogens (tertiary/aromatic N) is 2. The Morgan fingerprint density at radius 3 is 2.56 bits per heavy atom. The predicted molar refractivity (Wildman–Crippen MR) is 114 cm³/mol. The molecule has 0 radical (unpaired) electrons. The molecule has 34 heavy (non-hydrogen) atoms. The number of amides is 3. The molecule has 16 heteroatoms. The second-order valence-corrected chi connectivity index (χ2v) is 10.6. The maximum Gasteiger partial charge on any atom is 0.328 e. The molecule has 2 fully saturated rings. The molecule has 2 heterocycles. The van der Waals surface area contributed by atoms with Crippen molar-refractivity contribution in [2.75, 3.05) is 6.61 Å². The molecular formula is C18H19ClN4O10S. The van der Waals surface area contributed by atoms with E-state index < -0.39 is 78.9 Å². The first-order chi connectivity index (χ1) is 15.8. The van der Waals surface area contributed by atoms with E-state index in [2.05, 4.69) is 10.4 Å². The molecule has 4 atom stereocenters. The molecule has 184 valence electrons. The van der Waals surface area contributed by atoms with Crippen LogP contribution in [-0.2, 0) is 24.2 Å². The van der Waals surface area contributed by atoms with E-state index >= 15 is 0 Å². The van der Waals surface area contributed by atoms with E-state index in [0.717, 1.165) is 24.0 Å². The van der Waals surface area contributed by atoms with E-state index in [1.54, 1.807) is 0 Å². The number of phenolic OH excluding ortho intramolecular Hbond substituents is 2. The van der Waals surface area contributed by atoms with Gasteiger partial charge in [-0.2, -0.15) is 5.10 Å².